The molecule has 0 saturated carbocycles. The summed E-state index contributed by atoms with van der Waals surface area (Å²) < 4.78 is 27.3. The number of nitrogens with zero attached hydrogens (tertiary/aromatic N) is 2. The summed E-state index contributed by atoms with van der Waals surface area (Å²) in [5.41, 5.74) is 5.13. The molecule has 5 nitrogen and oxygen atoms in total. The molecule has 0 spiro atoms. The van der Waals surface area contributed by atoms with E-state index in [4.69, 9.17) is 0 Å². The van der Waals surface area contributed by atoms with E-state index in [-0.39, 0.29) is 6.54 Å². The fourth-order valence-corrected chi connectivity index (χ4v) is 4.86. The Hall–Kier alpha value is -2.54. The van der Waals surface area contributed by atoms with Crippen molar-refractivity contribution in [3.05, 3.63) is 94.3 Å². The number of hydrogen-bond donors (Lipinski definition) is 1. The third kappa shape index (κ3) is 3.46. The summed E-state index contributed by atoms with van der Waals surface area (Å²) in [5, 5.41) is 10.7. The van der Waals surface area contributed by atoms with Gasteiger partial charge in [0.15, 0.2) is 0 Å². The van der Waals surface area contributed by atoms with Crippen LogP contribution in [0.5, 0.6) is 0 Å². The Balaban J connectivity index is 1.60. The lowest BCUT2D eigenvalue weighted by Crippen LogP contribution is -2.25. The van der Waals surface area contributed by atoms with Crippen LogP contribution < -0.4 is 0 Å². The largest absolute Gasteiger partial charge is 0.382 e. The minimum absolute atomic E-state index is 0.279. The second-order valence-electron chi connectivity index (χ2n) is 7.28. The molecule has 0 bridgehead atoms. The van der Waals surface area contributed by atoms with Gasteiger partial charge in [-0.25, -0.2) is 8.42 Å². The van der Waals surface area contributed by atoms with E-state index >= 15 is 0 Å². The number of aryl methyl sites for hydroxylation is 2. The molecule has 4 rings (SSSR count). The first-order valence-electron chi connectivity index (χ1n) is 9.14. The number of aliphatic hydroxyl groups excluding tert-OH is 1. The van der Waals surface area contributed by atoms with Crippen LogP contribution in [-0.2, 0) is 23.1 Å². The maximum Gasteiger partial charge on any atom is 0.243 e. The molecule has 0 fully saturated rings. The number of sulfonamides is 1. The lowest BCUT2D eigenvalue weighted by atomic mass is 10.0. The smallest absolute Gasteiger partial charge is 0.243 e. The van der Waals surface area contributed by atoms with Crippen LogP contribution in [0.25, 0.3) is 0 Å². The van der Waals surface area contributed by atoms with E-state index in [0.717, 1.165) is 27.8 Å². The number of aliphatic hydroxyl groups is 1. The summed E-state index contributed by atoms with van der Waals surface area (Å²) in [4.78, 5) is 4.68. The van der Waals surface area contributed by atoms with Crippen molar-refractivity contribution in [2.45, 2.75) is 37.9 Å². The fourth-order valence-electron chi connectivity index (χ4n) is 3.46. The SMILES string of the molecule is Cc1ccc(S(=O)(=O)N2Cc3cnc([C@@H](O)c4cccc(C)c4)cc3C2)cc1. The van der Waals surface area contributed by atoms with Gasteiger partial charge in [-0.1, -0.05) is 47.5 Å². The Labute approximate surface area is 165 Å². The molecule has 3 aromatic rings. The number of pyridine rings is 1. The zero-order chi connectivity index (χ0) is 19.9. The van der Waals surface area contributed by atoms with E-state index in [1.807, 2.05) is 44.2 Å². The Morgan fingerprint density at radius 1 is 0.964 bits per heavy atom. The number of aromatic nitrogens is 1. The van der Waals surface area contributed by atoms with E-state index in [1.165, 1.54) is 4.31 Å². The highest BCUT2D eigenvalue weighted by Crippen LogP contribution is 2.31. The third-order valence-corrected chi connectivity index (χ3v) is 6.90. The van der Waals surface area contributed by atoms with E-state index in [1.54, 1.807) is 30.5 Å². The van der Waals surface area contributed by atoms with Crippen molar-refractivity contribution in [2.24, 2.45) is 0 Å². The first-order chi connectivity index (χ1) is 13.3. The van der Waals surface area contributed by atoms with Crippen molar-refractivity contribution in [3.8, 4) is 0 Å². The van der Waals surface area contributed by atoms with Gasteiger partial charge in [0.05, 0.1) is 10.6 Å². The predicted molar refractivity (Wildman–Crippen MR) is 107 cm³/mol. The highest BCUT2D eigenvalue weighted by atomic mass is 32.2. The minimum Gasteiger partial charge on any atom is -0.382 e. The number of rotatable bonds is 4. The van der Waals surface area contributed by atoms with E-state index in [2.05, 4.69) is 4.98 Å². The summed E-state index contributed by atoms with van der Waals surface area (Å²) in [6.45, 7) is 4.47. The van der Waals surface area contributed by atoms with Crippen LogP contribution in [0.1, 0.15) is 39.6 Å². The Morgan fingerprint density at radius 2 is 1.68 bits per heavy atom. The maximum absolute atomic E-state index is 12.9. The summed E-state index contributed by atoms with van der Waals surface area (Å²) in [6, 6.07) is 16.3. The highest BCUT2D eigenvalue weighted by Gasteiger charge is 2.31. The van der Waals surface area contributed by atoms with Crippen molar-refractivity contribution >= 4 is 10.0 Å². The summed E-state index contributed by atoms with van der Waals surface area (Å²) in [7, 11) is -3.57. The molecule has 144 valence electrons. The first kappa shape index (κ1) is 18.8. The van der Waals surface area contributed by atoms with Crippen molar-refractivity contribution in [3.63, 3.8) is 0 Å². The van der Waals surface area contributed by atoms with Crippen LogP contribution in [0, 0.1) is 13.8 Å². The van der Waals surface area contributed by atoms with Gasteiger partial charge >= 0.3 is 0 Å². The van der Waals surface area contributed by atoms with E-state index < -0.39 is 16.1 Å². The van der Waals surface area contributed by atoms with E-state index in [0.29, 0.717) is 17.1 Å². The zero-order valence-electron chi connectivity index (χ0n) is 15.8. The normalized spacial score (nSPS) is 15.4. The zero-order valence-corrected chi connectivity index (χ0v) is 16.6. The highest BCUT2D eigenvalue weighted by molar-refractivity contribution is 7.89. The molecule has 1 aliphatic rings. The molecule has 0 saturated heterocycles. The lowest BCUT2D eigenvalue weighted by molar-refractivity contribution is 0.215. The Morgan fingerprint density at radius 3 is 2.39 bits per heavy atom. The van der Waals surface area contributed by atoms with Crippen molar-refractivity contribution < 1.29 is 13.5 Å². The van der Waals surface area contributed by atoms with Gasteiger partial charge in [0, 0.05) is 19.3 Å². The molecule has 1 atom stereocenters. The standard InChI is InChI=1S/C22H22N2O3S/c1-15-6-8-20(9-7-15)28(26,27)24-13-18-11-21(23-12-19(18)14-24)22(25)17-5-3-4-16(2)10-17/h3-12,22,25H,13-14H2,1-2H3/t22-/m0/s1. The summed E-state index contributed by atoms with van der Waals surface area (Å²) in [5.74, 6) is 0. The van der Waals surface area contributed by atoms with Crippen LogP contribution >= 0.6 is 0 Å². The molecule has 6 heteroatoms. The molecule has 28 heavy (non-hydrogen) atoms. The van der Waals surface area contributed by atoms with Gasteiger partial charge in [-0.2, -0.15) is 4.31 Å². The molecular formula is C22H22N2O3S. The second-order valence-corrected chi connectivity index (χ2v) is 9.22. The summed E-state index contributed by atoms with van der Waals surface area (Å²) >= 11 is 0. The molecular weight excluding hydrogens is 372 g/mol. The van der Waals surface area contributed by atoms with Gasteiger partial charge in [0.2, 0.25) is 10.0 Å². The van der Waals surface area contributed by atoms with Gasteiger partial charge < -0.3 is 5.11 Å². The molecule has 2 aromatic carbocycles. The molecule has 0 amide bonds. The molecule has 1 aliphatic heterocycles. The Kier molecular flexibility index (Phi) is 4.79. The monoisotopic (exact) mass is 394 g/mol. The van der Waals surface area contributed by atoms with Gasteiger partial charge in [-0.15, -0.1) is 0 Å². The van der Waals surface area contributed by atoms with Crippen molar-refractivity contribution in [2.75, 3.05) is 0 Å². The average molecular weight is 394 g/mol. The quantitative estimate of drug-likeness (QED) is 0.735. The molecule has 2 heterocycles. The number of hydrogen-bond acceptors (Lipinski definition) is 4. The minimum atomic E-state index is -3.57. The van der Waals surface area contributed by atoms with Crippen LogP contribution in [0.3, 0.4) is 0 Å². The van der Waals surface area contributed by atoms with Gasteiger partial charge in [0.1, 0.15) is 6.10 Å². The average Bonchev–Trinajstić information content (AvgIpc) is 3.12. The first-order valence-corrected chi connectivity index (χ1v) is 10.6. The molecule has 0 aliphatic carbocycles. The molecule has 1 N–H and O–H groups in total. The van der Waals surface area contributed by atoms with Crippen LogP contribution in [0.4, 0.5) is 0 Å². The van der Waals surface area contributed by atoms with Crippen LogP contribution in [0.15, 0.2) is 65.7 Å². The Bertz CT molecular complexity index is 1120. The molecule has 0 unspecified atom stereocenters. The van der Waals surface area contributed by atoms with Crippen molar-refractivity contribution in [1.82, 2.24) is 9.29 Å². The maximum atomic E-state index is 12.9. The van der Waals surface area contributed by atoms with Crippen molar-refractivity contribution in [1.29, 1.82) is 0 Å². The number of fused-ring (bicyclic) bond motifs is 1. The van der Waals surface area contributed by atoms with Gasteiger partial charge in [0.25, 0.3) is 0 Å². The predicted octanol–water partition coefficient (Wildman–Crippen LogP) is 3.48. The van der Waals surface area contributed by atoms with Crippen LogP contribution in [0.2, 0.25) is 0 Å². The lowest BCUT2D eigenvalue weighted by Gasteiger charge is -2.15. The van der Waals surface area contributed by atoms with E-state index in [9.17, 15) is 13.5 Å². The van der Waals surface area contributed by atoms with Gasteiger partial charge in [-0.3, -0.25) is 4.98 Å². The third-order valence-electron chi connectivity index (χ3n) is 5.09. The fraction of sp³-hybridized carbons (Fsp3) is 0.227. The topological polar surface area (TPSA) is 70.5 Å². The van der Waals surface area contributed by atoms with Crippen LogP contribution in [-0.4, -0.2) is 22.8 Å². The summed E-state index contributed by atoms with van der Waals surface area (Å²) in [6.07, 6.45) is 0.835. The van der Waals surface area contributed by atoms with Gasteiger partial charge in [-0.05, 0) is 48.7 Å². The molecule has 1 aromatic heterocycles. The second kappa shape index (κ2) is 7.13. The molecule has 0 radical (unpaired) electrons. The number of benzene rings is 2.